The van der Waals surface area contributed by atoms with Gasteiger partial charge in [0.15, 0.2) is 5.79 Å². The van der Waals surface area contributed by atoms with Crippen LogP contribution in [-0.2, 0) is 27.2 Å². The fraction of sp³-hybridized carbons (Fsp3) is 0.414. The number of nitrogens with zero attached hydrogens (tertiary/aromatic N) is 3. The number of likely N-dealkylation sites (tertiary alicyclic amines) is 1. The van der Waals surface area contributed by atoms with Gasteiger partial charge in [0.05, 0.1) is 31.3 Å². The lowest BCUT2D eigenvalue weighted by atomic mass is 10.0. The summed E-state index contributed by atoms with van der Waals surface area (Å²) in [6, 6.07) is 12.1. The van der Waals surface area contributed by atoms with E-state index in [2.05, 4.69) is 5.10 Å². The Kier molecular flexibility index (Phi) is 7.58. The van der Waals surface area contributed by atoms with E-state index in [1.165, 1.54) is 0 Å². The van der Waals surface area contributed by atoms with Crippen molar-refractivity contribution in [1.29, 1.82) is 0 Å². The Bertz CT molecular complexity index is 1330. The maximum atomic E-state index is 12.7. The van der Waals surface area contributed by atoms with Crippen molar-refractivity contribution in [3.05, 3.63) is 66.0 Å². The van der Waals surface area contributed by atoms with Gasteiger partial charge in [0, 0.05) is 37.7 Å². The van der Waals surface area contributed by atoms with Crippen LogP contribution in [-0.4, -0.2) is 69.3 Å². The molecule has 1 aromatic heterocycles. The smallest absolute Gasteiger partial charge is 0.252 e. The SMILES string of the molecule is CC1(C)OC[C@@H](Cn2cc(-c3ccc(OC4CCN(C(=O)Cc5ccc(O)cc5)CC4)c(C(N)=O)c3)cn2)O1. The second kappa shape index (κ2) is 11.1. The van der Waals surface area contributed by atoms with E-state index >= 15 is 0 Å². The first-order valence-corrected chi connectivity index (χ1v) is 13.2. The summed E-state index contributed by atoms with van der Waals surface area (Å²) in [5.41, 5.74) is 8.53. The Morgan fingerprint density at radius 1 is 1.13 bits per heavy atom. The van der Waals surface area contributed by atoms with Crippen molar-refractivity contribution >= 4 is 11.8 Å². The minimum Gasteiger partial charge on any atom is -0.508 e. The van der Waals surface area contributed by atoms with Crippen LogP contribution in [0, 0.1) is 0 Å². The van der Waals surface area contributed by atoms with Gasteiger partial charge in [-0.05, 0) is 49.2 Å². The van der Waals surface area contributed by atoms with Crippen LogP contribution >= 0.6 is 0 Å². The zero-order chi connectivity index (χ0) is 27.6. The molecule has 10 nitrogen and oxygen atoms in total. The molecule has 2 aliphatic heterocycles. The Labute approximate surface area is 227 Å². The van der Waals surface area contributed by atoms with Gasteiger partial charge in [0.25, 0.3) is 5.91 Å². The summed E-state index contributed by atoms with van der Waals surface area (Å²) in [5.74, 6) is -0.507. The van der Waals surface area contributed by atoms with E-state index < -0.39 is 11.7 Å². The highest BCUT2D eigenvalue weighted by atomic mass is 16.7. The maximum absolute atomic E-state index is 12.7. The summed E-state index contributed by atoms with van der Waals surface area (Å²) >= 11 is 0. The number of nitrogens with two attached hydrogens (primary N) is 1. The number of aromatic hydroxyl groups is 1. The molecule has 0 spiro atoms. The maximum Gasteiger partial charge on any atom is 0.252 e. The molecule has 2 fully saturated rings. The number of benzene rings is 2. The lowest BCUT2D eigenvalue weighted by Gasteiger charge is -2.32. The van der Waals surface area contributed by atoms with Gasteiger partial charge in [-0.25, -0.2) is 0 Å². The third-order valence-corrected chi connectivity index (χ3v) is 7.05. The predicted octanol–water partition coefficient (Wildman–Crippen LogP) is 3.12. The molecule has 3 N–H and O–H groups in total. The first-order chi connectivity index (χ1) is 18.6. The highest BCUT2D eigenvalue weighted by molar-refractivity contribution is 5.97. The van der Waals surface area contributed by atoms with Crippen molar-refractivity contribution in [1.82, 2.24) is 14.7 Å². The average molecular weight is 535 g/mol. The van der Waals surface area contributed by atoms with Crippen LogP contribution in [0.5, 0.6) is 11.5 Å². The van der Waals surface area contributed by atoms with Crippen LogP contribution in [0.4, 0.5) is 0 Å². The number of carbonyl (C=O) groups excluding carboxylic acids is 2. The third-order valence-electron chi connectivity index (χ3n) is 7.05. The standard InChI is InChI=1S/C29H34N4O6/c1-29(2)37-18-24(39-29)17-33-16-21(15-31-33)20-5-8-26(25(14-20)28(30)36)38-23-9-11-32(12-10-23)27(35)13-19-3-6-22(34)7-4-19/h3-8,14-16,23-24,34H,9-13,17-18H2,1-2H3,(H2,30,36)/t24-/m1/s1. The summed E-state index contributed by atoms with van der Waals surface area (Å²) in [4.78, 5) is 26.8. The topological polar surface area (TPSA) is 129 Å². The van der Waals surface area contributed by atoms with E-state index in [4.69, 9.17) is 19.9 Å². The minimum absolute atomic E-state index is 0.0394. The fourth-order valence-electron chi connectivity index (χ4n) is 4.98. The molecule has 206 valence electrons. The first kappa shape index (κ1) is 26.7. The third kappa shape index (κ3) is 6.58. The van der Waals surface area contributed by atoms with E-state index in [0.29, 0.717) is 50.4 Å². The normalized spacial score (nSPS) is 19.2. The van der Waals surface area contributed by atoms with Gasteiger partial charge in [-0.3, -0.25) is 14.3 Å². The number of hydrogen-bond acceptors (Lipinski definition) is 7. The van der Waals surface area contributed by atoms with Crippen molar-refractivity contribution in [3.8, 4) is 22.6 Å². The fourth-order valence-corrected chi connectivity index (χ4v) is 4.98. The number of hydrogen-bond donors (Lipinski definition) is 2. The number of primary amides is 1. The van der Waals surface area contributed by atoms with Gasteiger partial charge < -0.3 is 30.0 Å². The molecule has 2 amide bonds. The molecular weight excluding hydrogens is 500 g/mol. The van der Waals surface area contributed by atoms with Crippen molar-refractivity contribution < 1.29 is 28.9 Å². The van der Waals surface area contributed by atoms with Crippen molar-refractivity contribution in [2.24, 2.45) is 5.73 Å². The van der Waals surface area contributed by atoms with Crippen LogP contribution in [0.15, 0.2) is 54.9 Å². The quantitative estimate of drug-likeness (QED) is 0.454. The monoisotopic (exact) mass is 534 g/mol. The van der Waals surface area contributed by atoms with Gasteiger partial charge in [-0.15, -0.1) is 0 Å². The van der Waals surface area contributed by atoms with Crippen LogP contribution in [0.1, 0.15) is 42.6 Å². The van der Waals surface area contributed by atoms with Crippen molar-refractivity contribution in [2.75, 3.05) is 19.7 Å². The molecule has 0 radical (unpaired) electrons. The molecule has 39 heavy (non-hydrogen) atoms. The lowest BCUT2D eigenvalue weighted by molar-refractivity contribution is -0.139. The van der Waals surface area contributed by atoms with E-state index in [9.17, 15) is 14.7 Å². The van der Waals surface area contributed by atoms with Gasteiger partial charge in [0.2, 0.25) is 5.91 Å². The average Bonchev–Trinajstić information content (AvgIpc) is 3.51. The highest BCUT2D eigenvalue weighted by Crippen LogP contribution is 2.29. The highest BCUT2D eigenvalue weighted by Gasteiger charge is 2.33. The predicted molar refractivity (Wildman–Crippen MR) is 143 cm³/mol. The van der Waals surface area contributed by atoms with Crippen LogP contribution in [0.3, 0.4) is 0 Å². The second-order valence-corrected chi connectivity index (χ2v) is 10.5. The number of ether oxygens (including phenoxy) is 3. The Morgan fingerprint density at radius 2 is 1.87 bits per heavy atom. The van der Waals surface area contributed by atoms with Crippen LogP contribution in [0.25, 0.3) is 11.1 Å². The molecule has 0 aliphatic carbocycles. The Hall–Kier alpha value is -3.89. The minimum atomic E-state index is -0.590. The number of rotatable bonds is 8. The van der Waals surface area contributed by atoms with E-state index in [-0.39, 0.29) is 30.3 Å². The summed E-state index contributed by atoms with van der Waals surface area (Å²) in [6.45, 7) is 5.97. The van der Waals surface area contributed by atoms with Crippen molar-refractivity contribution in [2.45, 2.75) is 57.6 Å². The zero-order valence-electron chi connectivity index (χ0n) is 22.2. The first-order valence-electron chi connectivity index (χ1n) is 13.2. The second-order valence-electron chi connectivity index (χ2n) is 10.5. The molecule has 2 aliphatic rings. The van der Waals surface area contributed by atoms with E-state index in [1.54, 1.807) is 47.3 Å². The summed E-state index contributed by atoms with van der Waals surface area (Å²) in [5, 5.41) is 13.9. The van der Waals surface area contributed by atoms with Crippen LogP contribution < -0.4 is 10.5 Å². The molecule has 10 heteroatoms. The van der Waals surface area contributed by atoms with Crippen molar-refractivity contribution in [3.63, 3.8) is 0 Å². The Balaban J connectivity index is 1.19. The molecule has 0 saturated carbocycles. The van der Waals surface area contributed by atoms with Gasteiger partial charge in [-0.2, -0.15) is 5.10 Å². The number of phenolic OH excluding ortho intramolecular Hbond substituents is 1. The van der Waals surface area contributed by atoms with Crippen LogP contribution in [0.2, 0.25) is 0 Å². The van der Waals surface area contributed by atoms with Gasteiger partial charge in [-0.1, -0.05) is 18.2 Å². The van der Waals surface area contributed by atoms with Gasteiger partial charge >= 0.3 is 0 Å². The Morgan fingerprint density at radius 3 is 2.54 bits per heavy atom. The molecule has 5 rings (SSSR count). The summed E-state index contributed by atoms with van der Waals surface area (Å²) in [6.07, 6.45) is 5.02. The molecule has 2 aromatic carbocycles. The molecule has 0 bridgehead atoms. The number of amides is 2. The lowest BCUT2D eigenvalue weighted by Crippen LogP contribution is -2.42. The van der Waals surface area contributed by atoms with Gasteiger partial charge in [0.1, 0.15) is 23.7 Å². The molecule has 3 heterocycles. The zero-order valence-corrected chi connectivity index (χ0v) is 22.2. The number of carbonyl (C=O) groups is 2. The molecule has 1 atom stereocenters. The van der Waals surface area contributed by atoms with E-state index in [0.717, 1.165) is 16.7 Å². The molecule has 3 aromatic rings. The molecular formula is C29H34N4O6. The molecule has 0 unspecified atom stereocenters. The summed E-state index contributed by atoms with van der Waals surface area (Å²) in [7, 11) is 0. The van der Waals surface area contributed by atoms with E-state index in [1.807, 2.05) is 31.0 Å². The summed E-state index contributed by atoms with van der Waals surface area (Å²) < 4.78 is 19.5. The molecule has 2 saturated heterocycles. The number of phenols is 1. The number of piperidine rings is 1. The largest absolute Gasteiger partial charge is 0.508 e. The number of aromatic nitrogens is 2.